The monoisotopic (exact) mass is 619 g/mol. The molecule has 0 N–H and O–H groups in total. The average Bonchev–Trinajstić information content (AvgIpc) is 3.06. The number of aromatic nitrogens is 3. The van der Waals surface area contributed by atoms with Crippen LogP contribution in [0.2, 0.25) is 0 Å². The molecule has 0 radical (unpaired) electrons. The van der Waals surface area contributed by atoms with Crippen LogP contribution >= 0.6 is 47.8 Å². The van der Waals surface area contributed by atoms with Crippen molar-refractivity contribution in [3.8, 4) is 11.4 Å². The summed E-state index contributed by atoms with van der Waals surface area (Å²) in [6.07, 6.45) is 0. The second-order valence-electron chi connectivity index (χ2n) is 8.76. The molecule has 0 bridgehead atoms. The first kappa shape index (κ1) is 28.2. The SMILES string of the molecule is c1ccc(SN(Sc2ccccc2)c2nc(-c3ccccc3)nc(N(Sc3ccccc3)Sc3ccccc3)n2)cc1. The molecule has 0 fully saturated rings. The Labute approximate surface area is 263 Å². The molecule has 5 nitrogen and oxygen atoms in total. The predicted molar refractivity (Wildman–Crippen MR) is 179 cm³/mol. The normalized spacial score (nSPS) is 10.8. The van der Waals surface area contributed by atoms with Gasteiger partial charge in [-0.2, -0.15) is 15.0 Å². The molecule has 0 atom stereocenters. The third-order valence-electron chi connectivity index (χ3n) is 5.70. The molecule has 0 aliphatic heterocycles. The Bertz CT molecular complexity index is 1490. The second-order valence-corrected chi connectivity index (χ2v) is 13.3. The third-order valence-corrected chi connectivity index (χ3v) is 9.84. The highest BCUT2D eigenvalue weighted by Gasteiger charge is 2.22. The largest absolute Gasteiger partial charge is 0.252 e. The van der Waals surface area contributed by atoms with Gasteiger partial charge in [0.2, 0.25) is 0 Å². The van der Waals surface area contributed by atoms with Gasteiger partial charge >= 0.3 is 0 Å². The van der Waals surface area contributed by atoms with Crippen LogP contribution in [0.25, 0.3) is 11.4 Å². The van der Waals surface area contributed by atoms with Crippen molar-refractivity contribution in [2.75, 3.05) is 7.42 Å². The van der Waals surface area contributed by atoms with E-state index in [4.69, 9.17) is 15.0 Å². The molecule has 9 heteroatoms. The summed E-state index contributed by atoms with van der Waals surface area (Å²) in [6, 6.07) is 51.2. The molecule has 0 amide bonds. The molecule has 0 unspecified atom stereocenters. The summed E-state index contributed by atoms with van der Waals surface area (Å²) in [6.45, 7) is 0. The van der Waals surface area contributed by atoms with Crippen LogP contribution in [0.4, 0.5) is 11.9 Å². The van der Waals surface area contributed by atoms with Crippen LogP contribution in [0.1, 0.15) is 0 Å². The molecule has 0 saturated heterocycles. The third kappa shape index (κ3) is 7.68. The van der Waals surface area contributed by atoms with Crippen molar-refractivity contribution in [2.24, 2.45) is 0 Å². The fourth-order valence-corrected chi connectivity index (χ4v) is 7.61. The Morgan fingerprint density at radius 2 is 0.619 bits per heavy atom. The minimum Gasteiger partial charge on any atom is -0.215 e. The van der Waals surface area contributed by atoms with Crippen LogP contribution in [0, 0.1) is 0 Å². The van der Waals surface area contributed by atoms with E-state index in [-0.39, 0.29) is 0 Å². The molecule has 0 aliphatic rings. The maximum Gasteiger partial charge on any atom is 0.252 e. The lowest BCUT2D eigenvalue weighted by Gasteiger charge is -2.24. The Hall–Kier alpha value is -3.89. The summed E-state index contributed by atoms with van der Waals surface area (Å²) in [5, 5.41) is 0. The van der Waals surface area contributed by atoms with Gasteiger partial charge in [-0.3, -0.25) is 0 Å². The van der Waals surface area contributed by atoms with E-state index in [1.165, 1.54) is 0 Å². The van der Waals surface area contributed by atoms with Crippen LogP contribution in [-0.4, -0.2) is 15.0 Å². The smallest absolute Gasteiger partial charge is 0.215 e. The fourth-order valence-electron chi connectivity index (χ4n) is 3.74. The Morgan fingerprint density at radius 1 is 0.333 bits per heavy atom. The van der Waals surface area contributed by atoms with Gasteiger partial charge in [0.05, 0.1) is 0 Å². The van der Waals surface area contributed by atoms with Crippen molar-refractivity contribution in [1.29, 1.82) is 0 Å². The van der Waals surface area contributed by atoms with Crippen LogP contribution in [0.5, 0.6) is 0 Å². The minimum atomic E-state index is 0.550. The summed E-state index contributed by atoms with van der Waals surface area (Å²) >= 11 is 6.32. The van der Waals surface area contributed by atoms with Crippen molar-refractivity contribution < 1.29 is 0 Å². The highest BCUT2D eigenvalue weighted by molar-refractivity contribution is 8.18. The molecule has 1 heterocycles. The van der Waals surface area contributed by atoms with Gasteiger partial charge in [-0.25, -0.2) is 7.42 Å². The first-order valence-electron chi connectivity index (χ1n) is 13.1. The van der Waals surface area contributed by atoms with Gasteiger partial charge < -0.3 is 0 Å². The summed E-state index contributed by atoms with van der Waals surface area (Å²) in [4.78, 5) is 19.4. The number of hydrogen-bond acceptors (Lipinski definition) is 9. The van der Waals surface area contributed by atoms with E-state index >= 15 is 0 Å². The van der Waals surface area contributed by atoms with Crippen molar-refractivity contribution in [2.45, 2.75) is 19.6 Å². The zero-order valence-electron chi connectivity index (χ0n) is 22.3. The van der Waals surface area contributed by atoms with Crippen molar-refractivity contribution in [3.05, 3.63) is 152 Å². The molecular formula is C33H25N5S4. The number of benzene rings is 5. The quantitative estimate of drug-likeness (QED) is 0.132. The summed E-state index contributed by atoms with van der Waals surface area (Å²) in [5.41, 5.74) is 0.922. The van der Waals surface area contributed by atoms with Gasteiger partial charge in [0.15, 0.2) is 5.82 Å². The lowest BCUT2D eigenvalue weighted by molar-refractivity contribution is 1.06. The average molecular weight is 620 g/mol. The highest BCUT2D eigenvalue weighted by Crippen LogP contribution is 2.41. The molecular weight excluding hydrogens is 595 g/mol. The molecule has 1 aromatic heterocycles. The van der Waals surface area contributed by atoms with Crippen molar-refractivity contribution in [3.63, 3.8) is 0 Å². The first-order chi connectivity index (χ1) is 20.8. The zero-order valence-corrected chi connectivity index (χ0v) is 25.6. The van der Waals surface area contributed by atoms with Gasteiger partial charge in [0.1, 0.15) is 0 Å². The van der Waals surface area contributed by atoms with E-state index in [1.807, 2.05) is 103 Å². The van der Waals surface area contributed by atoms with E-state index in [2.05, 4.69) is 56.0 Å². The molecule has 5 aromatic carbocycles. The zero-order chi connectivity index (χ0) is 28.4. The summed E-state index contributed by atoms with van der Waals surface area (Å²) in [7, 11) is 0. The number of nitrogens with zero attached hydrogens (tertiary/aromatic N) is 5. The van der Waals surface area contributed by atoms with Crippen LogP contribution < -0.4 is 7.42 Å². The van der Waals surface area contributed by atoms with Gasteiger partial charge in [0, 0.05) is 72.9 Å². The second kappa shape index (κ2) is 14.3. The molecule has 0 aliphatic carbocycles. The van der Waals surface area contributed by atoms with Crippen LogP contribution in [-0.2, 0) is 0 Å². The molecule has 6 aromatic rings. The predicted octanol–water partition coefficient (Wildman–Crippen LogP) is 9.98. The molecule has 6 rings (SSSR count). The molecule has 0 spiro atoms. The van der Waals surface area contributed by atoms with Gasteiger partial charge in [-0.15, -0.1) is 0 Å². The minimum absolute atomic E-state index is 0.550. The van der Waals surface area contributed by atoms with E-state index in [0.29, 0.717) is 17.7 Å². The van der Waals surface area contributed by atoms with Crippen LogP contribution in [0.3, 0.4) is 0 Å². The number of rotatable bonds is 11. The van der Waals surface area contributed by atoms with Gasteiger partial charge in [0.25, 0.3) is 11.9 Å². The van der Waals surface area contributed by atoms with Gasteiger partial charge in [-0.05, 0) is 48.5 Å². The van der Waals surface area contributed by atoms with Crippen LogP contribution in [0.15, 0.2) is 171 Å². The summed E-state index contributed by atoms with van der Waals surface area (Å²) < 4.78 is 4.11. The Kier molecular flexibility index (Phi) is 9.64. The first-order valence-corrected chi connectivity index (χ1v) is 16.2. The van der Waals surface area contributed by atoms with E-state index in [9.17, 15) is 0 Å². The number of hydrogen-bond donors (Lipinski definition) is 0. The maximum absolute atomic E-state index is 5.09. The summed E-state index contributed by atoms with van der Waals surface area (Å²) in [5.74, 6) is 1.71. The maximum atomic E-state index is 5.09. The molecule has 0 saturated carbocycles. The topological polar surface area (TPSA) is 45.2 Å². The Balaban J connectivity index is 1.46. The van der Waals surface area contributed by atoms with Gasteiger partial charge in [-0.1, -0.05) is 103 Å². The van der Waals surface area contributed by atoms with E-state index < -0.39 is 0 Å². The standard InChI is InChI=1S/C33H25N5S4/c1-6-16-26(17-7-1)31-34-32(37(39-27-18-8-2-9-19-27)40-28-20-10-3-11-21-28)36-33(35-31)38(41-29-22-12-4-13-23-29)42-30-24-14-5-15-25-30/h1-25H. The lowest BCUT2D eigenvalue weighted by atomic mass is 10.2. The van der Waals surface area contributed by atoms with Crippen molar-refractivity contribution in [1.82, 2.24) is 15.0 Å². The van der Waals surface area contributed by atoms with E-state index in [1.54, 1.807) is 47.8 Å². The highest BCUT2D eigenvalue weighted by atomic mass is 32.2. The molecule has 206 valence electrons. The molecule has 42 heavy (non-hydrogen) atoms. The lowest BCUT2D eigenvalue weighted by Crippen LogP contribution is -2.15. The Morgan fingerprint density at radius 3 is 0.929 bits per heavy atom. The fraction of sp³-hybridized carbons (Fsp3) is 0. The van der Waals surface area contributed by atoms with E-state index in [0.717, 1.165) is 25.1 Å². The van der Waals surface area contributed by atoms with Crippen molar-refractivity contribution >= 4 is 59.7 Å². The number of anilines is 2.